The number of unbranched alkanes of at least 4 members (excludes halogenated alkanes) is 2. The van der Waals surface area contributed by atoms with Gasteiger partial charge < -0.3 is 0 Å². The van der Waals surface area contributed by atoms with E-state index in [9.17, 15) is 4.79 Å². The minimum Gasteiger partial charge on any atom is -0.289 e. The van der Waals surface area contributed by atoms with Gasteiger partial charge in [-0.1, -0.05) is 19.8 Å². The van der Waals surface area contributed by atoms with Crippen LogP contribution in [0.25, 0.3) is 0 Å². The van der Waals surface area contributed by atoms with Crippen LogP contribution in [0, 0.1) is 0 Å². The second-order valence-electron chi connectivity index (χ2n) is 2.89. The van der Waals surface area contributed by atoms with Crippen LogP contribution in [0.4, 0.5) is 0 Å². The minimum absolute atomic E-state index is 0.114. The molecule has 0 bridgehead atoms. The minimum atomic E-state index is 0.114. The van der Waals surface area contributed by atoms with Crippen molar-refractivity contribution >= 4 is 5.91 Å². The van der Waals surface area contributed by atoms with Crippen molar-refractivity contribution in [2.45, 2.75) is 32.6 Å². The van der Waals surface area contributed by atoms with Crippen LogP contribution in [0.5, 0.6) is 0 Å². The van der Waals surface area contributed by atoms with Crippen molar-refractivity contribution in [3.8, 4) is 0 Å². The van der Waals surface area contributed by atoms with E-state index in [0.29, 0.717) is 6.42 Å². The molecule has 0 aromatic rings. The third-order valence-corrected chi connectivity index (χ3v) is 1.36. The lowest BCUT2D eigenvalue weighted by molar-refractivity contribution is -0.124. The number of amides is 1. The Bertz CT molecular complexity index is 113. The van der Waals surface area contributed by atoms with Gasteiger partial charge in [0.1, 0.15) is 0 Å². The quantitative estimate of drug-likeness (QED) is 0.481. The number of hydrazine groups is 1. The lowest BCUT2D eigenvalue weighted by Gasteiger charge is -2.10. The number of carbonyl (C=O) groups is 1. The van der Waals surface area contributed by atoms with E-state index in [2.05, 4.69) is 12.3 Å². The Hall–Kier alpha value is -0.570. The van der Waals surface area contributed by atoms with Crippen LogP contribution in [-0.2, 0) is 4.79 Å². The molecule has 66 valence electrons. The van der Waals surface area contributed by atoms with Gasteiger partial charge in [-0.05, 0) is 6.42 Å². The third-order valence-electron chi connectivity index (χ3n) is 1.36. The highest BCUT2D eigenvalue weighted by Gasteiger charge is 1.99. The fraction of sp³-hybridized carbons (Fsp3) is 0.875. The molecular formula is C8H18N2O. The molecule has 0 radical (unpaired) electrons. The molecule has 0 saturated heterocycles. The molecule has 0 rings (SSSR count). The van der Waals surface area contributed by atoms with E-state index < -0.39 is 0 Å². The van der Waals surface area contributed by atoms with Crippen molar-refractivity contribution < 1.29 is 4.79 Å². The summed E-state index contributed by atoms with van der Waals surface area (Å²) in [4.78, 5) is 11.0. The molecule has 11 heavy (non-hydrogen) atoms. The van der Waals surface area contributed by atoms with Crippen LogP contribution in [-0.4, -0.2) is 25.0 Å². The van der Waals surface area contributed by atoms with Crippen molar-refractivity contribution in [1.82, 2.24) is 10.4 Å². The zero-order valence-corrected chi connectivity index (χ0v) is 7.68. The highest BCUT2D eigenvalue weighted by atomic mass is 16.2. The standard InChI is InChI=1S/C8H18N2O/c1-4-5-6-7-8(11)9-10(2)3/h4-7H2,1-3H3,(H,9,11). The van der Waals surface area contributed by atoms with Crippen LogP contribution in [0.2, 0.25) is 0 Å². The van der Waals surface area contributed by atoms with Crippen LogP contribution in [0.3, 0.4) is 0 Å². The van der Waals surface area contributed by atoms with Crippen molar-refractivity contribution in [2.75, 3.05) is 14.1 Å². The van der Waals surface area contributed by atoms with Crippen molar-refractivity contribution in [1.29, 1.82) is 0 Å². The van der Waals surface area contributed by atoms with Crippen LogP contribution in [0.15, 0.2) is 0 Å². The predicted molar refractivity (Wildman–Crippen MR) is 46.0 cm³/mol. The van der Waals surface area contributed by atoms with E-state index in [1.54, 1.807) is 5.01 Å². The highest BCUT2D eigenvalue weighted by molar-refractivity contribution is 5.75. The van der Waals surface area contributed by atoms with E-state index in [0.717, 1.165) is 19.3 Å². The molecule has 0 saturated carbocycles. The van der Waals surface area contributed by atoms with Gasteiger partial charge in [-0.3, -0.25) is 10.2 Å². The Balaban J connectivity index is 3.23. The molecule has 1 N–H and O–H groups in total. The summed E-state index contributed by atoms with van der Waals surface area (Å²) in [6, 6.07) is 0. The largest absolute Gasteiger partial charge is 0.289 e. The summed E-state index contributed by atoms with van der Waals surface area (Å²) in [6.45, 7) is 2.13. The lowest BCUT2D eigenvalue weighted by atomic mass is 10.2. The van der Waals surface area contributed by atoms with Crippen LogP contribution < -0.4 is 5.43 Å². The van der Waals surface area contributed by atoms with Gasteiger partial charge >= 0.3 is 0 Å². The molecule has 0 atom stereocenters. The summed E-state index contributed by atoms with van der Waals surface area (Å²) in [5, 5.41) is 1.67. The predicted octanol–water partition coefficient (Wildman–Crippen LogP) is 1.16. The van der Waals surface area contributed by atoms with E-state index in [4.69, 9.17) is 0 Å². The fourth-order valence-electron chi connectivity index (χ4n) is 0.841. The first-order chi connectivity index (χ1) is 5.16. The Kier molecular flexibility index (Phi) is 5.84. The summed E-state index contributed by atoms with van der Waals surface area (Å²) in [5.41, 5.74) is 2.70. The lowest BCUT2D eigenvalue weighted by Crippen LogP contribution is -2.35. The Morgan fingerprint density at radius 2 is 2.00 bits per heavy atom. The first-order valence-corrected chi connectivity index (χ1v) is 4.13. The van der Waals surface area contributed by atoms with E-state index in [1.165, 1.54) is 0 Å². The summed E-state index contributed by atoms with van der Waals surface area (Å²) in [5.74, 6) is 0.114. The van der Waals surface area contributed by atoms with Gasteiger partial charge in [0.15, 0.2) is 0 Å². The molecule has 0 unspecified atom stereocenters. The number of carbonyl (C=O) groups excluding carboxylic acids is 1. The highest BCUT2D eigenvalue weighted by Crippen LogP contribution is 1.97. The topological polar surface area (TPSA) is 32.3 Å². The maximum atomic E-state index is 11.0. The molecule has 0 heterocycles. The summed E-state index contributed by atoms with van der Waals surface area (Å²) < 4.78 is 0. The van der Waals surface area contributed by atoms with Gasteiger partial charge in [0, 0.05) is 20.5 Å². The average molecular weight is 158 g/mol. The molecular weight excluding hydrogens is 140 g/mol. The van der Waals surface area contributed by atoms with E-state index in [-0.39, 0.29) is 5.91 Å². The Morgan fingerprint density at radius 3 is 2.45 bits per heavy atom. The van der Waals surface area contributed by atoms with Gasteiger partial charge in [-0.2, -0.15) is 0 Å². The average Bonchev–Trinajstić information content (AvgIpc) is 1.86. The second kappa shape index (κ2) is 6.16. The monoisotopic (exact) mass is 158 g/mol. The normalized spacial score (nSPS) is 10.2. The molecule has 1 amide bonds. The molecule has 3 nitrogen and oxygen atoms in total. The Labute approximate surface area is 68.7 Å². The number of rotatable bonds is 5. The van der Waals surface area contributed by atoms with Gasteiger partial charge in [-0.25, -0.2) is 5.01 Å². The first kappa shape index (κ1) is 10.4. The third kappa shape index (κ3) is 7.33. The summed E-state index contributed by atoms with van der Waals surface area (Å²) >= 11 is 0. The first-order valence-electron chi connectivity index (χ1n) is 4.13. The molecule has 0 aromatic heterocycles. The molecule has 0 spiro atoms. The van der Waals surface area contributed by atoms with Gasteiger partial charge in [0.05, 0.1) is 0 Å². The molecule has 0 aliphatic rings. The second-order valence-corrected chi connectivity index (χ2v) is 2.89. The zero-order chi connectivity index (χ0) is 8.69. The fourth-order valence-corrected chi connectivity index (χ4v) is 0.841. The Morgan fingerprint density at radius 1 is 1.36 bits per heavy atom. The molecule has 3 heteroatoms. The van der Waals surface area contributed by atoms with Crippen LogP contribution >= 0.6 is 0 Å². The summed E-state index contributed by atoms with van der Waals surface area (Å²) in [6.07, 6.45) is 3.94. The zero-order valence-electron chi connectivity index (χ0n) is 7.68. The number of nitrogens with zero attached hydrogens (tertiary/aromatic N) is 1. The maximum Gasteiger partial charge on any atom is 0.234 e. The molecule has 0 aromatic carbocycles. The van der Waals surface area contributed by atoms with Gasteiger partial charge in [-0.15, -0.1) is 0 Å². The number of hydrogen-bond donors (Lipinski definition) is 1. The number of hydrogen-bond acceptors (Lipinski definition) is 2. The van der Waals surface area contributed by atoms with Gasteiger partial charge in [0.2, 0.25) is 5.91 Å². The van der Waals surface area contributed by atoms with Gasteiger partial charge in [0.25, 0.3) is 0 Å². The molecule has 0 aliphatic heterocycles. The SMILES string of the molecule is CCCCCC(=O)NN(C)C. The van der Waals surface area contributed by atoms with Crippen molar-refractivity contribution in [2.24, 2.45) is 0 Å². The van der Waals surface area contributed by atoms with Crippen LogP contribution in [0.1, 0.15) is 32.6 Å². The van der Waals surface area contributed by atoms with Crippen molar-refractivity contribution in [3.05, 3.63) is 0 Å². The molecule has 0 fully saturated rings. The number of nitrogens with one attached hydrogen (secondary N) is 1. The smallest absolute Gasteiger partial charge is 0.234 e. The summed E-state index contributed by atoms with van der Waals surface area (Å²) in [7, 11) is 3.63. The van der Waals surface area contributed by atoms with E-state index in [1.807, 2.05) is 14.1 Å². The van der Waals surface area contributed by atoms with E-state index >= 15 is 0 Å². The molecule has 0 aliphatic carbocycles. The van der Waals surface area contributed by atoms with Crippen molar-refractivity contribution in [3.63, 3.8) is 0 Å². The maximum absolute atomic E-state index is 11.0.